The Morgan fingerprint density at radius 3 is 2.28 bits per heavy atom. The Bertz CT molecular complexity index is 1240. The van der Waals surface area contributed by atoms with E-state index in [1.165, 1.54) is 48.7 Å². The molecule has 32 heavy (non-hydrogen) atoms. The van der Waals surface area contributed by atoms with Crippen LogP contribution < -0.4 is 5.32 Å². The fraction of sp³-hybridized carbons (Fsp3) is 0.381. The third-order valence-corrected chi connectivity index (χ3v) is 9.55. The maximum absolute atomic E-state index is 13.1. The summed E-state index contributed by atoms with van der Waals surface area (Å²) in [6, 6.07) is 8.52. The maximum Gasteiger partial charge on any atom is 0.255 e. The quantitative estimate of drug-likeness (QED) is 0.656. The van der Waals surface area contributed by atoms with Crippen LogP contribution in [0.25, 0.3) is 0 Å². The fourth-order valence-corrected chi connectivity index (χ4v) is 6.33. The summed E-state index contributed by atoms with van der Waals surface area (Å²) in [5.74, 6) is -0.570. The third-order valence-electron chi connectivity index (χ3n) is 5.36. The number of anilines is 1. The molecule has 1 fully saturated rings. The maximum atomic E-state index is 13.1. The van der Waals surface area contributed by atoms with Gasteiger partial charge >= 0.3 is 0 Å². The van der Waals surface area contributed by atoms with E-state index in [0.29, 0.717) is 24.3 Å². The standard InChI is InChI=1S/C21H26ClN3O5S2/c1-15-7-9-17(31(27,28)24(2)3)14-19(15)23-21(26)16-8-10-18(22)20(13-16)32(29,30)25-11-5-4-6-12-25/h7-10,13-14H,4-6,11-12H2,1-3H3,(H,23,26). The molecule has 8 nitrogen and oxygen atoms in total. The Morgan fingerprint density at radius 2 is 1.66 bits per heavy atom. The second-order valence-electron chi connectivity index (χ2n) is 7.83. The number of carbonyl (C=O) groups is 1. The van der Waals surface area contributed by atoms with Crippen molar-refractivity contribution >= 4 is 43.2 Å². The van der Waals surface area contributed by atoms with Crippen molar-refractivity contribution in [1.82, 2.24) is 8.61 Å². The molecule has 2 aromatic rings. The van der Waals surface area contributed by atoms with Crippen molar-refractivity contribution in [2.75, 3.05) is 32.5 Å². The molecule has 2 aromatic carbocycles. The van der Waals surface area contributed by atoms with Crippen molar-refractivity contribution in [1.29, 1.82) is 0 Å². The first-order valence-corrected chi connectivity index (χ1v) is 13.3. The van der Waals surface area contributed by atoms with E-state index in [9.17, 15) is 21.6 Å². The number of nitrogens with one attached hydrogen (secondary N) is 1. The first kappa shape index (κ1) is 24.7. The van der Waals surface area contributed by atoms with E-state index in [1.54, 1.807) is 13.0 Å². The highest BCUT2D eigenvalue weighted by atomic mass is 35.5. The minimum atomic E-state index is -3.83. The van der Waals surface area contributed by atoms with Gasteiger partial charge in [0.2, 0.25) is 20.0 Å². The van der Waals surface area contributed by atoms with E-state index in [-0.39, 0.29) is 20.4 Å². The molecule has 0 radical (unpaired) electrons. The zero-order valence-electron chi connectivity index (χ0n) is 18.1. The summed E-state index contributed by atoms with van der Waals surface area (Å²) >= 11 is 6.18. The largest absolute Gasteiger partial charge is 0.322 e. The third kappa shape index (κ3) is 4.99. The molecule has 11 heteroatoms. The van der Waals surface area contributed by atoms with Gasteiger partial charge < -0.3 is 5.32 Å². The van der Waals surface area contributed by atoms with Crippen molar-refractivity contribution < 1.29 is 21.6 Å². The van der Waals surface area contributed by atoms with Crippen LogP contribution in [-0.4, -0.2) is 58.5 Å². The lowest BCUT2D eigenvalue weighted by molar-refractivity contribution is 0.102. The number of rotatable bonds is 6. The van der Waals surface area contributed by atoms with Gasteiger partial charge in [0.15, 0.2) is 0 Å². The highest BCUT2D eigenvalue weighted by molar-refractivity contribution is 7.89. The van der Waals surface area contributed by atoms with Gasteiger partial charge in [0.1, 0.15) is 4.90 Å². The lowest BCUT2D eigenvalue weighted by Gasteiger charge is -2.26. The molecule has 1 saturated heterocycles. The molecule has 0 spiro atoms. The number of amides is 1. The minimum absolute atomic E-state index is 0.0351. The van der Waals surface area contributed by atoms with Gasteiger partial charge in [0.05, 0.1) is 9.92 Å². The first-order valence-electron chi connectivity index (χ1n) is 10.1. The van der Waals surface area contributed by atoms with Crippen molar-refractivity contribution in [3.63, 3.8) is 0 Å². The molecular formula is C21H26ClN3O5S2. The Hall–Kier alpha value is -1.98. The predicted octanol–water partition coefficient (Wildman–Crippen LogP) is 3.33. The predicted molar refractivity (Wildman–Crippen MR) is 124 cm³/mol. The lowest BCUT2D eigenvalue weighted by atomic mass is 10.1. The van der Waals surface area contributed by atoms with Crippen LogP contribution >= 0.6 is 11.6 Å². The van der Waals surface area contributed by atoms with Crippen LogP contribution in [0.5, 0.6) is 0 Å². The van der Waals surface area contributed by atoms with Crippen LogP contribution in [-0.2, 0) is 20.0 Å². The molecule has 1 amide bonds. The van der Waals surface area contributed by atoms with Gasteiger partial charge in [-0.15, -0.1) is 0 Å². The van der Waals surface area contributed by atoms with Crippen molar-refractivity contribution in [3.8, 4) is 0 Å². The van der Waals surface area contributed by atoms with E-state index in [0.717, 1.165) is 23.6 Å². The van der Waals surface area contributed by atoms with Gasteiger partial charge in [0, 0.05) is 38.4 Å². The van der Waals surface area contributed by atoms with Crippen molar-refractivity contribution in [3.05, 3.63) is 52.5 Å². The molecule has 1 N–H and O–H groups in total. The van der Waals surface area contributed by atoms with Crippen LogP contribution in [0.3, 0.4) is 0 Å². The number of hydrogen-bond donors (Lipinski definition) is 1. The summed E-state index contributed by atoms with van der Waals surface area (Å²) < 4.78 is 53.4. The van der Waals surface area contributed by atoms with Crippen LogP contribution in [0.2, 0.25) is 5.02 Å². The van der Waals surface area contributed by atoms with Crippen LogP contribution in [0.1, 0.15) is 35.2 Å². The molecule has 1 aliphatic heterocycles. The van der Waals surface area contributed by atoms with E-state index in [4.69, 9.17) is 11.6 Å². The number of hydrogen-bond acceptors (Lipinski definition) is 5. The number of halogens is 1. The van der Waals surface area contributed by atoms with Crippen molar-refractivity contribution in [2.24, 2.45) is 0 Å². The number of aryl methyl sites for hydroxylation is 1. The summed E-state index contributed by atoms with van der Waals surface area (Å²) in [6.45, 7) is 2.57. The van der Waals surface area contributed by atoms with Gasteiger partial charge in [-0.1, -0.05) is 24.1 Å². The molecular weight excluding hydrogens is 474 g/mol. The second-order valence-corrected chi connectivity index (χ2v) is 12.3. The van der Waals surface area contributed by atoms with Gasteiger partial charge in [-0.3, -0.25) is 4.79 Å². The topological polar surface area (TPSA) is 104 Å². The highest BCUT2D eigenvalue weighted by Crippen LogP contribution is 2.29. The van der Waals surface area contributed by atoms with E-state index < -0.39 is 26.0 Å². The van der Waals surface area contributed by atoms with Crippen LogP contribution in [0, 0.1) is 6.92 Å². The monoisotopic (exact) mass is 499 g/mol. The van der Waals surface area contributed by atoms with Gasteiger partial charge in [-0.2, -0.15) is 4.31 Å². The first-order chi connectivity index (χ1) is 14.9. The van der Waals surface area contributed by atoms with Gasteiger partial charge in [0.25, 0.3) is 5.91 Å². The SMILES string of the molecule is Cc1ccc(S(=O)(=O)N(C)C)cc1NC(=O)c1ccc(Cl)c(S(=O)(=O)N2CCCCC2)c1. The normalized spacial score (nSPS) is 15.7. The molecule has 3 rings (SSSR count). The number of sulfonamides is 2. The average Bonchev–Trinajstić information content (AvgIpc) is 2.75. The Labute approximate surface area is 194 Å². The van der Waals surface area contributed by atoms with E-state index in [2.05, 4.69) is 5.32 Å². The number of benzene rings is 2. The number of carbonyl (C=O) groups excluding carboxylic acids is 1. The Kier molecular flexibility index (Phi) is 7.31. The van der Waals surface area contributed by atoms with Crippen molar-refractivity contribution in [2.45, 2.75) is 36.0 Å². The highest BCUT2D eigenvalue weighted by Gasteiger charge is 2.29. The summed E-state index contributed by atoms with van der Waals surface area (Å²) in [6.07, 6.45) is 2.54. The van der Waals surface area contributed by atoms with Gasteiger partial charge in [-0.05, 0) is 55.7 Å². The number of nitrogens with zero attached hydrogens (tertiary/aromatic N) is 2. The molecule has 174 valence electrons. The fourth-order valence-electron chi connectivity index (χ4n) is 3.39. The van der Waals surface area contributed by atoms with Crippen LogP contribution in [0.15, 0.2) is 46.2 Å². The zero-order chi connectivity index (χ0) is 23.7. The molecule has 0 unspecified atom stereocenters. The molecule has 1 heterocycles. The summed E-state index contributed by atoms with van der Waals surface area (Å²) in [5.41, 5.74) is 1.07. The summed E-state index contributed by atoms with van der Waals surface area (Å²) in [5, 5.41) is 2.73. The molecule has 0 aliphatic carbocycles. The summed E-state index contributed by atoms with van der Waals surface area (Å²) in [7, 11) is -4.67. The number of piperidine rings is 1. The molecule has 0 saturated carbocycles. The Balaban J connectivity index is 1.92. The lowest BCUT2D eigenvalue weighted by Crippen LogP contribution is -2.35. The minimum Gasteiger partial charge on any atom is -0.322 e. The molecule has 0 bridgehead atoms. The molecule has 1 aliphatic rings. The molecule has 0 atom stereocenters. The zero-order valence-corrected chi connectivity index (χ0v) is 20.5. The average molecular weight is 500 g/mol. The molecule has 0 aromatic heterocycles. The summed E-state index contributed by atoms with van der Waals surface area (Å²) in [4.78, 5) is 12.8. The second kappa shape index (κ2) is 9.48. The smallest absolute Gasteiger partial charge is 0.255 e. The van der Waals surface area contributed by atoms with Crippen LogP contribution in [0.4, 0.5) is 5.69 Å². The van der Waals surface area contributed by atoms with E-state index >= 15 is 0 Å². The Morgan fingerprint density at radius 1 is 1.00 bits per heavy atom. The van der Waals surface area contributed by atoms with E-state index in [1.807, 2.05) is 0 Å². The van der Waals surface area contributed by atoms with Gasteiger partial charge in [-0.25, -0.2) is 21.1 Å².